The largest absolute Gasteiger partial charge is 0.382 e. The highest BCUT2D eigenvalue weighted by Crippen LogP contribution is 2.27. The Hall–Kier alpha value is -3.19. The standard InChI is InChI=1S/C26H26N2O2/c1-17-6-5-7-18-11-13-23(26(30)25(17)18)24(29)15-19-10-12-22(14-20(19)16-27)28-21-8-3-2-4-9-21/h5-7,10,12-14,21,28H,2-4,8-9,11,15H2,1H3. The topological polar surface area (TPSA) is 70.0 Å². The summed E-state index contributed by atoms with van der Waals surface area (Å²) >= 11 is 0. The Morgan fingerprint density at radius 3 is 2.73 bits per heavy atom. The summed E-state index contributed by atoms with van der Waals surface area (Å²) in [5, 5.41) is 13.1. The molecule has 4 heteroatoms. The maximum Gasteiger partial charge on any atom is 0.196 e. The summed E-state index contributed by atoms with van der Waals surface area (Å²) in [5.74, 6) is -0.424. The van der Waals surface area contributed by atoms with Crippen LogP contribution in [0.15, 0.2) is 48.0 Å². The van der Waals surface area contributed by atoms with Crippen molar-refractivity contribution < 1.29 is 9.59 Å². The van der Waals surface area contributed by atoms with Crippen molar-refractivity contribution in [3.63, 3.8) is 0 Å². The Balaban J connectivity index is 1.50. The first-order chi connectivity index (χ1) is 14.6. The zero-order valence-corrected chi connectivity index (χ0v) is 17.3. The minimum atomic E-state index is -0.224. The van der Waals surface area contributed by atoms with Gasteiger partial charge in [-0.15, -0.1) is 0 Å². The molecule has 1 N–H and O–H groups in total. The van der Waals surface area contributed by atoms with Crippen molar-refractivity contribution in [2.75, 3.05) is 5.32 Å². The van der Waals surface area contributed by atoms with E-state index in [0.717, 1.165) is 29.7 Å². The van der Waals surface area contributed by atoms with E-state index < -0.39 is 0 Å². The first-order valence-electron chi connectivity index (χ1n) is 10.7. The molecular formula is C26H26N2O2. The summed E-state index contributed by atoms with van der Waals surface area (Å²) in [6.45, 7) is 1.90. The number of hydrogen-bond acceptors (Lipinski definition) is 4. The van der Waals surface area contributed by atoms with E-state index in [1.165, 1.54) is 19.3 Å². The molecule has 0 aliphatic heterocycles. The minimum absolute atomic E-state index is 0.0609. The summed E-state index contributed by atoms with van der Waals surface area (Å²) in [4.78, 5) is 25.9. The summed E-state index contributed by atoms with van der Waals surface area (Å²) < 4.78 is 0. The quantitative estimate of drug-likeness (QED) is 0.713. The van der Waals surface area contributed by atoms with Crippen molar-refractivity contribution >= 4 is 17.3 Å². The molecule has 0 spiro atoms. The lowest BCUT2D eigenvalue weighted by atomic mass is 9.84. The van der Waals surface area contributed by atoms with Gasteiger partial charge in [-0.05, 0) is 55.0 Å². The van der Waals surface area contributed by atoms with Crippen LogP contribution in [0.1, 0.15) is 64.7 Å². The second kappa shape index (κ2) is 8.67. The van der Waals surface area contributed by atoms with Gasteiger partial charge in [0, 0.05) is 23.7 Å². The lowest BCUT2D eigenvalue weighted by Crippen LogP contribution is -2.22. The molecule has 1 fully saturated rings. The van der Waals surface area contributed by atoms with E-state index >= 15 is 0 Å². The summed E-state index contributed by atoms with van der Waals surface area (Å²) in [7, 11) is 0. The van der Waals surface area contributed by atoms with Gasteiger partial charge in [0.25, 0.3) is 0 Å². The molecule has 0 bridgehead atoms. The van der Waals surface area contributed by atoms with Crippen molar-refractivity contribution in [2.45, 2.75) is 57.9 Å². The Bertz CT molecular complexity index is 1070. The molecule has 2 aromatic rings. The predicted molar refractivity (Wildman–Crippen MR) is 118 cm³/mol. The smallest absolute Gasteiger partial charge is 0.196 e. The molecule has 152 valence electrons. The lowest BCUT2D eigenvalue weighted by Gasteiger charge is -2.24. The van der Waals surface area contributed by atoms with E-state index in [1.54, 1.807) is 6.08 Å². The normalized spacial score (nSPS) is 16.4. The molecule has 30 heavy (non-hydrogen) atoms. The number of Topliss-reactive ketones (excluding diaryl/α,β-unsaturated/α-hetero) is 2. The Labute approximate surface area is 177 Å². The average molecular weight is 399 g/mol. The highest BCUT2D eigenvalue weighted by atomic mass is 16.1. The molecule has 2 aliphatic carbocycles. The minimum Gasteiger partial charge on any atom is -0.382 e. The van der Waals surface area contributed by atoms with E-state index in [-0.39, 0.29) is 23.6 Å². The molecule has 4 nitrogen and oxygen atoms in total. The molecule has 1 saturated carbocycles. The zero-order chi connectivity index (χ0) is 21.1. The molecule has 0 amide bonds. The van der Waals surface area contributed by atoms with E-state index in [9.17, 15) is 14.9 Å². The van der Waals surface area contributed by atoms with Gasteiger partial charge < -0.3 is 5.32 Å². The van der Waals surface area contributed by atoms with Crippen LogP contribution in [0.2, 0.25) is 0 Å². The number of ketones is 2. The van der Waals surface area contributed by atoms with Crippen molar-refractivity contribution in [3.8, 4) is 6.07 Å². The van der Waals surface area contributed by atoms with Crippen molar-refractivity contribution in [2.24, 2.45) is 0 Å². The monoisotopic (exact) mass is 398 g/mol. The van der Waals surface area contributed by atoms with Crippen LogP contribution in [-0.2, 0) is 17.6 Å². The summed E-state index contributed by atoms with van der Waals surface area (Å²) in [5.41, 5.74) is 4.83. The van der Waals surface area contributed by atoms with Crippen LogP contribution in [0.25, 0.3) is 0 Å². The number of benzene rings is 2. The van der Waals surface area contributed by atoms with Crippen molar-refractivity contribution in [1.29, 1.82) is 5.26 Å². The molecule has 0 heterocycles. The van der Waals surface area contributed by atoms with Gasteiger partial charge in [-0.3, -0.25) is 9.59 Å². The lowest BCUT2D eigenvalue weighted by molar-refractivity contribution is -0.114. The number of allylic oxidation sites excluding steroid dienone is 2. The fraction of sp³-hybridized carbons (Fsp3) is 0.346. The van der Waals surface area contributed by atoms with Gasteiger partial charge in [-0.1, -0.05) is 49.6 Å². The van der Waals surface area contributed by atoms with Crippen LogP contribution in [0.5, 0.6) is 0 Å². The van der Waals surface area contributed by atoms with Crippen molar-refractivity contribution in [3.05, 3.63) is 75.9 Å². The third kappa shape index (κ3) is 4.07. The van der Waals surface area contributed by atoms with Gasteiger partial charge in [-0.2, -0.15) is 5.26 Å². The van der Waals surface area contributed by atoms with Crippen LogP contribution < -0.4 is 5.32 Å². The molecule has 0 aromatic heterocycles. The van der Waals surface area contributed by atoms with Crippen LogP contribution >= 0.6 is 0 Å². The molecule has 0 saturated heterocycles. The fourth-order valence-corrected chi connectivity index (χ4v) is 4.58. The third-order valence-electron chi connectivity index (χ3n) is 6.21. The van der Waals surface area contributed by atoms with E-state index in [1.807, 2.05) is 43.3 Å². The second-order valence-corrected chi connectivity index (χ2v) is 8.32. The van der Waals surface area contributed by atoms with Crippen LogP contribution in [0.4, 0.5) is 5.69 Å². The van der Waals surface area contributed by atoms with Crippen LogP contribution in [0, 0.1) is 18.3 Å². The van der Waals surface area contributed by atoms with E-state index in [4.69, 9.17) is 0 Å². The molecular weight excluding hydrogens is 372 g/mol. The first kappa shape index (κ1) is 20.1. The number of nitrogens with one attached hydrogen (secondary N) is 1. The highest BCUT2D eigenvalue weighted by Gasteiger charge is 2.27. The Morgan fingerprint density at radius 1 is 1.17 bits per heavy atom. The number of nitrogens with zero attached hydrogens (tertiary/aromatic N) is 1. The van der Waals surface area contributed by atoms with Gasteiger partial charge >= 0.3 is 0 Å². The number of rotatable bonds is 5. The number of anilines is 1. The number of hydrogen-bond donors (Lipinski definition) is 1. The Morgan fingerprint density at radius 2 is 1.97 bits per heavy atom. The summed E-state index contributed by atoms with van der Waals surface area (Å²) in [6.07, 6.45) is 8.45. The van der Waals surface area contributed by atoms with Gasteiger partial charge in [0.15, 0.2) is 11.6 Å². The number of aryl methyl sites for hydroxylation is 1. The highest BCUT2D eigenvalue weighted by molar-refractivity contribution is 6.28. The predicted octanol–water partition coefficient (Wildman–Crippen LogP) is 5.09. The van der Waals surface area contributed by atoms with Crippen molar-refractivity contribution in [1.82, 2.24) is 0 Å². The molecule has 4 rings (SSSR count). The molecule has 0 atom stereocenters. The second-order valence-electron chi connectivity index (χ2n) is 8.32. The number of fused-ring (bicyclic) bond motifs is 1. The maximum atomic E-state index is 13.0. The third-order valence-corrected chi connectivity index (χ3v) is 6.21. The van der Waals surface area contributed by atoms with Gasteiger partial charge in [0.2, 0.25) is 0 Å². The van der Waals surface area contributed by atoms with Gasteiger partial charge in [0.1, 0.15) is 0 Å². The fourth-order valence-electron chi connectivity index (χ4n) is 4.58. The van der Waals surface area contributed by atoms with Crippen LogP contribution in [0.3, 0.4) is 0 Å². The molecule has 0 radical (unpaired) electrons. The number of carbonyl (C=O) groups excluding carboxylic acids is 2. The Kier molecular flexibility index (Phi) is 5.81. The molecule has 0 unspecified atom stereocenters. The average Bonchev–Trinajstić information content (AvgIpc) is 2.75. The van der Waals surface area contributed by atoms with Gasteiger partial charge in [0.05, 0.1) is 17.2 Å². The van der Waals surface area contributed by atoms with E-state index in [0.29, 0.717) is 29.2 Å². The summed E-state index contributed by atoms with van der Waals surface area (Å²) in [6, 6.07) is 14.0. The van der Waals surface area contributed by atoms with Gasteiger partial charge in [-0.25, -0.2) is 0 Å². The van der Waals surface area contributed by atoms with Crippen LogP contribution in [-0.4, -0.2) is 17.6 Å². The number of nitriles is 1. The maximum absolute atomic E-state index is 13.0. The van der Waals surface area contributed by atoms with E-state index in [2.05, 4.69) is 11.4 Å². The zero-order valence-electron chi connectivity index (χ0n) is 17.3. The molecule has 2 aromatic carbocycles. The SMILES string of the molecule is Cc1cccc2c1C(=O)C(C(=O)Cc1ccc(NC3CCCCC3)cc1C#N)=CC2. The molecule has 2 aliphatic rings. The first-order valence-corrected chi connectivity index (χ1v) is 10.7. The number of carbonyl (C=O) groups is 2.